The molecule has 2 aliphatic heterocycles. The van der Waals surface area contributed by atoms with Crippen molar-refractivity contribution < 1.29 is 4.92 Å². The maximum absolute atomic E-state index is 11.2. The first kappa shape index (κ1) is 21.6. The Morgan fingerprint density at radius 1 is 0.686 bits per heavy atom. The van der Waals surface area contributed by atoms with Crippen LogP contribution in [0.5, 0.6) is 0 Å². The normalized spacial score (nSPS) is 16.9. The van der Waals surface area contributed by atoms with Gasteiger partial charge in [0.2, 0.25) is 0 Å². The summed E-state index contributed by atoms with van der Waals surface area (Å²) in [4.78, 5) is 13.4. The monoisotopic (exact) mass is 492 g/mol. The number of nitro benzene ring substituents is 1. The van der Waals surface area contributed by atoms with E-state index in [0.717, 1.165) is 11.3 Å². The number of allylic oxidation sites excluding steroid dienone is 2. The highest BCUT2D eigenvalue weighted by molar-refractivity contribution is 8.88. The van der Waals surface area contributed by atoms with E-state index in [9.17, 15) is 10.1 Å². The molecule has 0 fully saturated rings. The van der Waals surface area contributed by atoms with Gasteiger partial charge in [0.05, 0.1) is 10.6 Å². The predicted molar refractivity (Wildman–Crippen MR) is 150 cm³/mol. The lowest BCUT2D eigenvalue weighted by Crippen LogP contribution is -2.03. The van der Waals surface area contributed by atoms with Crippen molar-refractivity contribution in [2.75, 3.05) is 4.31 Å². The van der Waals surface area contributed by atoms with Crippen LogP contribution >= 0.6 is 20.5 Å². The Morgan fingerprint density at radius 3 is 1.80 bits per heavy atom. The predicted octanol–water partition coefficient (Wildman–Crippen LogP) is 8.04. The zero-order valence-electron chi connectivity index (χ0n) is 18.6. The largest absolute Gasteiger partial charge is 0.288 e. The lowest BCUT2D eigenvalue weighted by atomic mass is 9.92. The van der Waals surface area contributed by atoms with Gasteiger partial charge in [0.25, 0.3) is 5.69 Å². The summed E-state index contributed by atoms with van der Waals surface area (Å²) in [5, 5.41) is 11.2. The van der Waals surface area contributed by atoms with Gasteiger partial charge in [-0.25, -0.2) is 0 Å². The molecule has 6 rings (SSSR count). The summed E-state index contributed by atoms with van der Waals surface area (Å²) in [5.74, 6) is 0. The van der Waals surface area contributed by atoms with E-state index in [1.807, 2.05) is 41.1 Å². The van der Waals surface area contributed by atoms with Gasteiger partial charge in [-0.3, -0.25) is 14.4 Å². The zero-order valence-corrected chi connectivity index (χ0v) is 20.2. The fraction of sp³-hybridized carbons (Fsp3) is 0. The van der Waals surface area contributed by atoms with E-state index >= 15 is 0 Å². The Morgan fingerprint density at radius 2 is 1.23 bits per heavy atom. The van der Waals surface area contributed by atoms with Crippen LogP contribution in [0.15, 0.2) is 121 Å². The van der Waals surface area contributed by atoms with Gasteiger partial charge in [0, 0.05) is 39.2 Å². The second-order valence-corrected chi connectivity index (χ2v) is 11.4. The molecule has 2 aliphatic rings. The third kappa shape index (κ3) is 3.91. The Hall–Kier alpha value is -3.87. The highest BCUT2D eigenvalue weighted by atomic mass is 33.1. The first-order valence-electron chi connectivity index (χ1n) is 11.2. The third-order valence-corrected chi connectivity index (χ3v) is 10.1. The number of hydrogen-bond acceptors (Lipinski definition) is 4. The second-order valence-electron chi connectivity index (χ2n) is 8.11. The number of hydrogen-bond donors (Lipinski definition) is 0. The molecule has 2 heterocycles. The summed E-state index contributed by atoms with van der Waals surface area (Å²) in [5.41, 5.74) is 7.02. The van der Waals surface area contributed by atoms with Crippen LogP contribution in [0.2, 0.25) is 0 Å². The maximum Gasteiger partial charge on any atom is 0.269 e. The molecule has 0 aromatic heterocycles. The number of anilines is 1. The summed E-state index contributed by atoms with van der Waals surface area (Å²) in [7, 11) is 1.52. The number of nitrogens with zero attached hydrogens (tertiary/aromatic N) is 2. The van der Waals surface area contributed by atoms with E-state index in [2.05, 4.69) is 83.3 Å². The van der Waals surface area contributed by atoms with Gasteiger partial charge in [0.1, 0.15) is 0 Å². The molecule has 0 saturated heterocycles. The van der Waals surface area contributed by atoms with Crippen molar-refractivity contribution in [3.63, 3.8) is 0 Å². The Kier molecular flexibility index (Phi) is 5.60. The molecule has 0 amide bonds. The van der Waals surface area contributed by atoms with E-state index < -0.39 is 0 Å². The van der Waals surface area contributed by atoms with E-state index in [1.54, 1.807) is 12.1 Å². The fourth-order valence-corrected chi connectivity index (χ4v) is 9.10. The number of rotatable bonds is 5. The number of non-ortho nitro benzene ring substituents is 1. The molecule has 0 bridgehead atoms. The third-order valence-electron chi connectivity index (χ3n) is 5.96. The number of benzene rings is 4. The van der Waals surface area contributed by atoms with E-state index in [0.29, 0.717) is 0 Å². The van der Waals surface area contributed by atoms with Gasteiger partial charge in [-0.2, -0.15) is 0 Å². The van der Waals surface area contributed by atoms with Crippen molar-refractivity contribution in [2.24, 2.45) is 0 Å². The van der Waals surface area contributed by atoms with Crippen molar-refractivity contribution in [1.82, 2.24) is 0 Å². The first-order valence-corrected chi connectivity index (χ1v) is 13.7. The lowest BCUT2D eigenvalue weighted by Gasteiger charge is -2.20. The van der Waals surface area contributed by atoms with Gasteiger partial charge in [-0.1, -0.05) is 91.0 Å². The van der Waals surface area contributed by atoms with E-state index in [1.165, 1.54) is 32.0 Å². The molecule has 4 aromatic carbocycles. The van der Waals surface area contributed by atoms with Crippen molar-refractivity contribution >= 4 is 52.8 Å². The van der Waals surface area contributed by atoms with Crippen molar-refractivity contribution in [3.8, 4) is 0 Å². The van der Waals surface area contributed by atoms with Gasteiger partial charge in [0.15, 0.2) is 0 Å². The fourth-order valence-electron chi connectivity index (χ4n) is 4.31. The van der Waals surface area contributed by atoms with Gasteiger partial charge < -0.3 is 0 Å². The van der Waals surface area contributed by atoms with Crippen LogP contribution in [-0.4, -0.2) is 9.79 Å². The average Bonchev–Trinajstić information content (AvgIpc) is 3.48. The molecule has 170 valence electrons. The average molecular weight is 493 g/mol. The summed E-state index contributed by atoms with van der Waals surface area (Å²) < 4.78 is 2.27. The van der Waals surface area contributed by atoms with Crippen molar-refractivity contribution in [3.05, 3.63) is 148 Å². The highest BCUT2D eigenvalue weighted by Gasteiger charge is 2.36. The van der Waals surface area contributed by atoms with Gasteiger partial charge >= 0.3 is 0 Å². The molecule has 1 unspecified atom stereocenters. The first-order chi connectivity index (χ1) is 17.2. The molecule has 0 aliphatic carbocycles. The Labute approximate surface area is 209 Å². The lowest BCUT2D eigenvalue weighted by molar-refractivity contribution is -0.384. The van der Waals surface area contributed by atoms with E-state index in [4.69, 9.17) is 0 Å². The molecule has 6 heteroatoms. The molecule has 4 nitrogen and oxygen atoms in total. The van der Waals surface area contributed by atoms with Crippen molar-refractivity contribution in [1.29, 1.82) is 0 Å². The van der Waals surface area contributed by atoms with Crippen LogP contribution in [0.1, 0.15) is 16.7 Å². The number of nitro groups is 1. The topological polar surface area (TPSA) is 46.4 Å². The minimum Gasteiger partial charge on any atom is -0.288 e. The summed E-state index contributed by atoms with van der Waals surface area (Å²) in [6, 6.07) is 38.4. The molecule has 0 radical (unpaired) electrons. The molecular weight excluding hydrogens is 472 g/mol. The van der Waals surface area contributed by atoms with E-state index in [-0.39, 0.29) is 20.3 Å². The van der Waals surface area contributed by atoms with Crippen LogP contribution in [0.4, 0.5) is 11.4 Å². The van der Waals surface area contributed by atoms with Gasteiger partial charge in [-0.05, 0) is 49.3 Å². The van der Waals surface area contributed by atoms with Gasteiger partial charge in [-0.15, -0.1) is 0 Å². The minimum absolute atomic E-state index is 0.0971. The quantitative estimate of drug-likeness (QED) is 0.122. The molecule has 4 aromatic rings. The minimum atomic E-state index is -0.355. The highest BCUT2D eigenvalue weighted by Crippen LogP contribution is 2.62. The van der Waals surface area contributed by atoms with Crippen LogP contribution in [-0.2, 0) is 0 Å². The molecule has 0 saturated carbocycles. The molecular formula is C29H20N2O2S2. The smallest absolute Gasteiger partial charge is 0.269 e. The van der Waals surface area contributed by atoms with Crippen LogP contribution in [0, 0.1) is 10.1 Å². The van der Waals surface area contributed by atoms with Crippen LogP contribution < -0.4 is 4.31 Å². The zero-order chi connectivity index (χ0) is 23.8. The SMILES string of the molecule is O=[N+]([O-])c1ccc(N2C=C(c3ccccc3)C3=S2SC(c2ccccc2)=C3c2ccccc2)cc1. The summed E-state index contributed by atoms with van der Waals surface area (Å²) in [6.45, 7) is 0. The molecule has 35 heavy (non-hydrogen) atoms. The Bertz CT molecular complexity index is 1510. The Balaban J connectivity index is 1.56. The van der Waals surface area contributed by atoms with Crippen LogP contribution in [0.3, 0.4) is 0 Å². The van der Waals surface area contributed by atoms with Crippen LogP contribution in [0.25, 0.3) is 16.1 Å². The molecule has 0 N–H and O–H groups in total. The molecule has 0 spiro atoms. The summed E-state index contributed by atoms with van der Waals surface area (Å²) in [6.07, 6.45) is 2.20. The summed E-state index contributed by atoms with van der Waals surface area (Å²) >= 11 is 0. The standard InChI is InChI=1S/C29H20N2O2S2/c32-31(33)25-18-16-24(17-19-25)30-20-26(21-10-4-1-5-11-21)29-27(22-12-6-2-7-13-22)28(34-35(29)30)23-14-8-3-9-15-23/h1-20H. The molecule has 1 atom stereocenters. The maximum atomic E-state index is 11.2. The second kappa shape index (κ2) is 9.06. The van der Waals surface area contributed by atoms with Crippen molar-refractivity contribution in [2.45, 2.75) is 0 Å².